The summed E-state index contributed by atoms with van der Waals surface area (Å²) in [7, 11) is 2.02. The highest BCUT2D eigenvalue weighted by Gasteiger charge is 2.43. The van der Waals surface area contributed by atoms with E-state index in [1.54, 1.807) is 0 Å². The summed E-state index contributed by atoms with van der Waals surface area (Å²) >= 11 is 0. The lowest BCUT2D eigenvalue weighted by Crippen LogP contribution is -2.23. The topological polar surface area (TPSA) is 29.9 Å². The second-order valence-corrected chi connectivity index (χ2v) is 4.34. The Hall–Kier alpha value is -1.61. The van der Waals surface area contributed by atoms with E-state index in [1.165, 1.54) is 18.4 Å². The molecule has 2 aromatic rings. The van der Waals surface area contributed by atoms with Crippen molar-refractivity contribution in [1.29, 1.82) is 0 Å². The summed E-state index contributed by atoms with van der Waals surface area (Å²) in [5, 5.41) is 7.80. The maximum absolute atomic E-state index is 4.42. The Labute approximate surface area is 95.1 Å². The van der Waals surface area contributed by atoms with Crippen molar-refractivity contribution in [2.75, 3.05) is 7.05 Å². The fourth-order valence-corrected chi connectivity index (χ4v) is 2.10. The predicted octanol–water partition coefficient (Wildman–Crippen LogP) is 2.08. The van der Waals surface area contributed by atoms with Gasteiger partial charge in [-0.1, -0.05) is 18.2 Å². The fraction of sp³-hybridized carbons (Fsp3) is 0.308. The van der Waals surface area contributed by atoms with Gasteiger partial charge in [0.05, 0.1) is 11.9 Å². The quantitative estimate of drug-likeness (QED) is 0.846. The summed E-state index contributed by atoms with van der Waals surface area (Å²) in [6.07, 6.45) is 6.52. The minimum atomic E-state index is 0.201. The highest BCUT2D eigenvalue weighted by atomic mass is 15.3. The van der Waals surface area contributed by atoms with Crippen molar-refractivity contribution in [3.63, 3.8) is 0 Å². The molecule has 1 heterocycles. The number of hydrogen-bond acceptors (Lipinski definition) is 2. The second kappa shape index (κ2) is 3.46. The van der Waals surface area contributed by atoms with E-state index in [0.29, 0.717) is 0 Å². The van der Waals surface area contributed by atoms with Crippen molar-refractivity contribution in [3.05, 3.63) is 48.3 Å². The average molecular weight is 213 g/mol. The maximum atomic E-state index is 4.42. The van der Waals surface area contributed by atoms with E-state index in [0.717, 1.165) is 5.69 Å². The van der Waals surface area contributed by atoms with E-state index in [4.69, 9.17) is 0 Å². The van der Waals surface area contributed by atoms with Gasteiger partial charge in [-0.2, -0.15) is 5.10 Å². The molecule has 0 aliphatic heterocycles. The minimum Gasteiger partial charge on any atom is -0.310 e. The number of benzene rings is 1. The number of rotatable bonds is 3. The number of aromatic nitrogens is 2. The molecular weight excluding hydrogens is 198 g/mol. The first kappa shape index (κ1) is 9.60. The Morgan fingerprint density at radius 2 is 2.00 bits per heavy atom. The molecule has 1 aliphatic rings. The van der Waals surface area contributed by atoms with Gasteiger partial charge >= 0.3 is 0 Å². The van der Waals surface area contributed by atoms with Crippen LogP contribution in [-0.2, 0) is 5.54 Å². The summed E-state index contributed by atoms with van der Waals surface area (Å²) < 4.78 is 1.94. The molecule has 0 bridgehead atoms. The fourth-order valence-electron chi connectivity index (χ4n) is 2.10. The number of nitrogens with one attached hydrogen (secondary N) is 1. The molecule has 1 saturated carbocycles. The molecule has 1 fully saturated rings. The molecular formula is C13H15N3. The van der Waals surface area contributed by atoms with Crippen LogP contribution in [-0.4, -0.2) is 16.8 Å². The molecule has 3 nitrogen and oxygen atoms in total. The van der Waals surface area contributed by atoms with Gasteiger partial charge in [0.25, 0.3) is 0 Å². The Balaban J connectivity index is 1.94. The van der Waals surface area contributed by atoms with Gasteiger partial charge in [0, 0.05) is 17.3 Å². The van der Waals surface area contributed by atoms with Crippen LogP contribution in [0.2, 0.25) is 0 Å². The van der Waals surface area contributed by atoms with Gasteiger partial charge in [-0.25, -0.2) is 4.68 Å². The summed E-state index contributed by atoms with van der Waals surface area (Å²) in [6, 6.07) is 10.2. The normalized spacial score (nSPS) is 17.3. The third kappa shape index (κ3) is 1.44. The number of para-hydroxylation sites is 1. The van der Waals surface area contributed by atoms with Crippen molar-refractivity contribution in [3.8, 4) is 5.69 Å². The predicted molar refractivity (Wildman–Crippen MR) is 63.5 cm³/mol. The van der Waals surface area contributed by atoms with Gasteiger partial charge in [0.2, 0.25) is 0 Å². The van der Waals surface area contributed by atoms with Crippen LogP contribution in [0.1, 0.15) is 18.4 Å². The third-order valence-electron chi connectivity index (χ3n) is 3.38. The summed E-state index contributed by atoms with van der Waals surface area (Å²) in [4.78, 5) is 0. The Bertz CT molecular complexity index is 483. The largest absolute Gasteiger partial charge is 0.310 e. The molecule has 3 rings (SSSR count). The van der Waals surface area contributed by atoms with E-state index in [-0.39, 0.29) is 5.54 Å². The van der Waals surface area contributed by atoms with Crippen molar-refractivity contribution >= 4 is 0 Å². The molecule has 82 valence electrons. The molecule has 3 heteroatoms. The Kier molecular flexibility index (Phi) is 2.07. The van der Waals surface area contributed by atoms with Crippen LogP contribution < -0.4 is 5.32 Å². The van der Waals surface area contributed by atoms with Crippen LogP contribution in [0.3, 0.4) is 0 Å². The van der Waals surface area contributed by atoms with E-state index in [2.05, 4.69) is 28.7 Å². The van der Waals surface area contributed by atoms with Gasteiger partial charge in [0.1, 0.15) is 0 Å². The smallest absolute Gasteiger partial charge is 0.0645 e. The Morgan fingerprint density at radius 1 is 1.25 bits per heavy atom. The van der Waals surface area contributed by atoms with Gasteiger partial charge < -0.3 is 5.32 Å². The van der Waals surface area contributed by atoms with E-state index < -0.39 is 0 Å². The van der Waals surface area contributed by atoms with Gasteiger partial charge in [0.15, 0.2) is 0 Å². The van der Waals surface area contributed by atoms with Crippen molar-refractivity contribution in [2.45, 2.75) is 18.4 Å². The highest BCUT2D eigenvalue weighted by Crippen LogP contribution is 2.44. The second-order valence-electron chi connectivity index (χ2n) is 4.34. The van der Waals surface area contributed by atoms with Crippen LogP contribution in [0.25, 0.3) is 5.69 Å². The zero-order valence-corrected chi connectivity index (χ0v) is 9.35. The molecule has 0 spiro atoms. The van der Waals surface area contributed by atoms with Crippen LogP contribution in [0, 0.1) is 0 Å². The molecule has 0 atom stereocenters. The molecule has 0 amide bonds. The zero-order chi connectivity index (χ0) is 11.0. The van der Waals surface area contributed by atoms with Gasteiger partial charge in [-0.15, -0.1) is 0 Å². The summed E-state index contributed by atoms with van der Waals surface area (Å²) in [5.74, 6) is 0. The van der Waals surface area contributed by atoms with E-state index >= 15 is 0 Å². The molecule has 0 saturated heterocycles. The summed E-state index contributed by atoms with van der Waals surface area (Å²) in [6.45, 7) is 0. The highest BCUT2D eigenvalue weighted by molar-refractivity contribution is 5.33. The maximum Gasteiger partial charge on any atom is 0.0645 e. The molecule has 1 aromatic heterocycles. The zero-order valence-electron chi connectivity index (χ0n) is 9.35. The number of nitrogens with zero attached hydrogens (tertiary/aromatic N) is 2. The van der Waals surface area contributed by atoms with E-state index in [9.17, 15) is 0 Å². The number of hydrogen-bond donors (Lipinski definition) is 1. The van der Waals surface area contributed by atoms with Crippen molar-refractivity contribution < 1.29 is 0 Å². The lowest BCUT2D eigenvalue weighted by molar-refractivity contribution is 0.585. The molecule has 0 unspecified atom stereocenters. The Morgan fingerprint density at radius 3 is 2.62 bits per heavy atom. The van der Waals surface area contributed by atoms with Crippen LogP contribution in [0.5, 0.6) is 0 Å². The van der Waals surface area contributed by atoms with Crippen LogP contribution in [0.4, 0.5) is 0 Å². The van der Waals surface area contributed by atoms with E-state index in [1.807, 2.05) is 36.1 Å². The molecule has 1 aromatic carbocycles. The molecule has 1 N–H and O–H groups in total. The SMILES string of the molecule is CNC1(c2cnn(-c3ccccc3)c2)CC1. The van der Waals surface area contributed by atoms with Crippen LogP contribution in [0.15, 0.2) is 42.7 Å². The standard InChI is InChI=1S/C13H15N3/c1-14-13(7-8-13)11-9-15-16(10-11)12-5-3-2-4-6-12/h2-6,9-10,14H,7-8H2,1H3. The molecule has 1 aliphatic carbocycles. The first-order valence-electron chi connectivity index (χ1n) is 5.64. The van der Waals surface area contributed by atoms with Crippen molar-refractivity contribution in [1.82, 2.24) is 15.1 Å². The lowest BCUT2D eigenvalue weighted by atomic mass is 10.1. The summed E-state index contributed by atoms with van der Waals surface area (Å²) in [5.41, 5.74) is 2.60. The molecule has 0 radical (unpaired) electrons. The third-order valence-corrected chi connectivity index (χ3v) is 3.38. The van der Waals surface area contributed by atoms with Gasteiger partial charge in [-0.05, 0) is 32.0 Å². The first-order valence-corrected chi connectivity index (χ1v) is 5.64. The van der Waals surface area contributed by atoms with Crippen LogP contribution >= 0.6 is 0 Å². The first-order chi connectivity index (χ1) is 7.84. The minimum absolute atomic E-state index is 0.201. The van der Waals surface area contributed by atoms with Gasteiger partial charge in [-0.3, -0.25) is 0 Å². The van der Waals surface area contributed by atoms with Crippen molar-refractivity contribution in [2.24, 2.45) is 0 Å². The monoisotopic (exact) mass is 213 g/mol. The average Bonchev–Trinajstić information content (AvgIpc) is 3.00. The lowest BCUT2D eigenvalue weighted by Gasteiger charge is -2.10. The molecule has 16 heavy (non-hydrogen) atoms.